The Bertz CT molecular complexity index is 613. The fourth-order valence-electron chi connectivity index (χ4n) is 2.18. The van der Waals surface area contributed by atoms with Crippen molar-refractivity contribution in [2.75, 3.05) is 5.43 Å². The van der Waals surface area contributed by atoms with E-state index in [1.54, 1.807) is 0 Å². The van der Waals surface area contributed by atoms with Crippen LogP contribution in [0.2, 0.25) is 0 Å². The van der Waals surface area contributed by atoms with Gasteiger partial charge >= 0.3 is 6.18 Å². The van der Waals surface area contributed by atoms with E-state index in [0.29, 0.717) is 5.92 Å². The van der Waals surface area contributed by atoms with E-state index in [1.165, 1.54) is 6.07 Å². The van der Waals surface area contributed by atoms with Gasteiger partial charge in [-0.15, -0.1) is 0 Å². The first-order chi connectivity index (χ1) is 10.3. The molecule has 118 valence electrons. The van der Waals surface area contributed by atoms with Crippen LogP contribution in [0.15, 0.2) is 47.2 Å². The molecule has 0 spiro atoms. The maximum absolute atomic E-state index is 12.5. The third-order valence-electron chi connectivity index (χ3n) is 3.70. The lowest BCUT2D eigenvalue weighted by Crippen LogP contribution is -2.16. The number of hydrogen-bond acceptors (Lipinski definition) is 3. The number of rotatable bonds is 3. The van der Waals surface area contributed by atoms with Gasteiger partial charge in [-0.2, -0.15) is 18.3 Å². The number of pyridine rings is 1. The monoisotopic (exact) mass is 309 g/mol. The van der Waals surface area contributed by atoms with Crippen molar-refractivity contribution >= 4 is 11.5 Å². The fraction of sp³-hybridized carbons (Fsp3) is 0.375. The van der Waals surface area contributed by atoms with E-state index < -0.39 is 11.7 Å². The van der Waals surface area contributed by atoms with Crippen LogP contribution in [0.1, 0.15) is 32.3 Å². The molecule has 3 nitrogen and oxygen atoms in total. The van der Waals surface area contributed by atoms with Gasteiger partial charge in [-0.05, 0) is 50.3 Å². The summed E-state index contributed by atoms with van der Waals surface area (Å²) in [6.45, 7) is 7.92. The Morgan fingerprint density at radius 3 is 2.68 bits per heavy atom. The van der Waals surface area contributed by atoms with E-state index in [2.05, 4.69) is 28.2 Å². The second-order valence-corrected chi connectivity index (χ2v) is 5.47. The summed E-state index contributed by atoms with van der Waals surface area (Å²) < 4.78 is 37.4. The van der Waals surface area contributed by atoms with Crippen molar-refractivity contribution in [1.29, 1.82) is 0 Å². The summed E-state index contributed by atoms with van der Waals surface area (Å²) in [7, 11) is 0. The highest BCUT2D eigenvalue weighted by molar-refractivity contribution is 6.01. The first-order valence-electron chi connectivity index (χ1n) is 6.95. The molecule has 1 heterocycles. The van der Waals surface area contributed by atoms with Crippen molar-refractivity contribution in [2.24, 2.45) is 11.0 Å². The Morgan fingerprint density at radius 2 is 2.14 bits per heavy atom. The molecule has 0 amide bonds. The predicted octanol–water partition coefficient (Wildman–Crippen LogP) is 4.80. The number of anilines is 1. The molecule has 1 aromatic rings. The Labute approximate surface area is 127 Å². The molecular weight excluding hydrogens is 291 g/mol. The number of nitrogens with one attached hydrogen (secondary N) is 1. The van der Waals surface area contributed by atoms with Crippen LogP contribution >= 0.6 is 0 Å². The maximum atomic E-state index is 12.5. The van der Waals surface area contributed by atoms with Gasteiger partial charge in [-0.1, -0.05) is 18.2 Å². The van der Waals surface area contributed by atoms with Gasteiger partial charge in [0.15, 0.2) is 0 Å². The predicted molar refractivity (Wildman–Crippen MR) is 81.6 cm³/mol. The largest absolute Gasteiger partial charge is 0.417 e. The summed E-state index contributed by atoms with van der Waals surface area (Å²) in [6, 6.07) is 2.25. The molecule has 0 aromatic carbocycles. The number of nitrogens with zero attached hydrogens (tertiary/aromatic N) is 2. The molecule has 0 radical (unpaired) electrons. The van der Waals surface area contributed by atoms with Crippen LogP contribution < -0.4 is 5.43 Å². The minimum atomic E-state index is -4.38. The number of alkyl halides is 3. The molecule has 22 heavy (non-hydrogen) atoms. The van der Waals surface area contributed by atoms with Crippen molar-refractivity contribution in [3.05, 3.63) is 47.7 Å². The molecule has 6 heteroatoms. The van der Waals surface area contributed by atoms with E-state index in [4.69, 9.17) is 0 Å². The minimum Gasteiger partial charge on any atom is -0.261 e. The third kappa shape index (κ3) is 3.96. The van der Waals surface area contributed by atoms with Crippen LogP contribution in [-0.2, 0) is 6.18 Å². The molecule has 1 aliphatic rings. The first-order valence-corrected chi connectivity index (χ1v) is 6.95. The molecule has 0 saturated heterocycles. The molecule has 2 rings (SSSR count). The molecule has 0 bridgehead atoms. The van der Waals surface area contributed by atoms with Crippen LogP contribution in [-0.4, -0.2) is 10.7 Å². The van der Waals surface area contributed by atoms with Crippen LogP contribution in [0.5, 0.6) is 0 Å². The summed E-state index contributed by atoms with van der Waals surface area (Å²) in [5.74, 6) is 0.635. The minimum absolute atomic E-state index is 0.283. The molecule has 1 aromatic heterocycles. The topological polar surface area (TPSA) is 37.3 Å². The average Bonchev–Trinajstić information content (AvgIpc) is 2.45. The van der Waals surface area contributed by atoms with Gasteiger partial charge in [-0.25, -0.2) is 4.98 Å². The van der Waals surface area contributed by atoms with Crippen molar-refractivity contribution in [1.82, 2.24) is 4.98 Å². The zero-order chi connectivity index (χ0) is 16.3. The zero-order valence-corrected chi connectivity index (χ0v) is 12.5. The number of hydrogen-bond donors (Lipinski definition) is 1. The van der Waals surface area contributed by atoms with E-state index in [9.17, 15) is 13.2 Å². The van der Waals surface area contributed by atoms with Crippen LogP contribution in [0, 0.1) is 5.92 Å². The summed E-state index contributed by atoms with van der Waals surface area (Å²) in [5.41, 5.74) is 4.99. The highest BCUT2D eigenvalue weighted by Crippen LogP contribution is 2.29. The zero-order valence-electron chi connectivity index (χ0n) is 12.5. The lowest BCUT2D eigenvalue weighted by molar-refractivity contribution is -0.137. The average molecular weight is 309 g/mol. The number of allylic oxidation sites excluding steroid dienone is 3. The second kappa shape index (κ2) is 6.34. The van der Waals surface area contributed by atoms with Crippen LogP contribution in [0.3, 0.4) is 0 Å². The van der Waals surface area contributed by atoms with Crippen molar-refractivity contribution in [2.45, 2.75) is 32.9 Å². The molecule has 1 atom stereocenters. The molecular formula is C16H18F3N3. The molecule has 0 fully saturated rings. The van der Waals surface area contributed by atoms with Gasteiger partial charge in [0.2, 0.25) is 0 Å². The normalized spacial score (nSPS) is 20.7. The number of halogens is 3. The number of hydrazone groups is 1. The van der Waals surface area contributed by atoms with Gasteiger partial charge in [-0.3, -0.25) is 5.43 Å². The van der Waals surface area contributed by atoms with Crippen molar-refractivity contribution in [3.8, 4) is 0 Å². The highest BCUT2D eigenvalue weighted by atomic mass is 19.4. The first kappa shape index (κ1) is 16.3. The summed E-state index contributed by atoms with van der Waals surface area (Å²) in [4.78, 5) is 3.73. The molecule has 0 saturated carbocycles. The number of aromatic nitrogens is 1. The van der Waals surface area contributed by atoms with Gasteiger partial charge in [0.25, 0.3) is 0 Å². The Balaban J connectivity index is 2.09. The van der Waals surface area contributed by atoms with Crippen LogP contribution in [0.4, 0.5) is 19.0 Å². The van der Waals surface area contributed by atoms with Gasteiger partial charge in [0.05, 0.1) is 11.3 Å². The van der Waals surface area contributed by atoms with Crippen molar-refractivity contribution in [3.63, 3.8) is 0 Å². The quantitative estimate of drug-likeness (QED) is 0.643. The van der Waals surface area contributed by atoms with Gasteiger partial charge < -0.3 is 0 Å². The Kier molecular flexibility index (Phi) is 4.68. The molecule has 1 N–H and O–H groups in total. The summed E-state index contributed by atoms with van der Waals surface area (Å²) in [5, 5.41) is 4.27. The van der Waals surface area contributed by atoms with E-state index in [0.717, 1.165) is 42.0 Å². The fourth-order valence-corrected chi connectivity index (χ4v) is 2.18. The smallest absolute Gasteiger partial charge is 0.261 e. The van der Waals surface area contributed by atoms with Crippen LogP contribution in [0.25, 0.3) is 0 Å². The van der Waals surface area contributed by atoms with Gasteiger partial charge in [0.1, 0.15) is 5.82 Å². The van der Waals surface area contributed by atoms with Gasteiger partial charge in [0, 0.05) is 6.20 Å². The molecule has 0 aliphatic heterocycles. The molecule has 0 unspecified atom stereocenters. The standard InChI is InChI=1S/C16H18F3N3/c1-10(2)12-5-4-11(3)14(8-12)21-22-15-7-6-13(9-20-15)16(17,18)19/h4,6-7,9,12H,1,5,8H2,2-3H3,(H,20,22)/t12-/m0/s1. The van der Waals surface area contributed by atoms with E-state index in [1.807, 2.05) is 13.8 Å². The summed E-state index contributed by atoms with van der Waals surface area (Å²) in [6.07, 6.45) is 0.227. The Hall–Kier alpha value is -2.11. The summed E-state index contributed by atoms with van der Waals surface area (Å²) >= 11 is 0. The maximum Gasteiger partial charge on any atom is 0.417 e. The SMILES string of the molecule is C=C(C)[C@H]1CC=C(C)C(=NNc2ccc(C(F)(F)F)cn2)C1. The Morgan fingerprint density at radius 1 is 1.41 bits per heavy atom. The lowest BCUT2D eigenvalue weighted by Gasteiger charge is -2.22. The highest BCUT2D eigenvalue weighted by Gasteiger charge is 2.30. The lowest BCUT2D eigenvalue weighted by atomic mass is 9.85. The second-order valence-electron chi connectivity index (χ2n) is 5.47. The molecule has 1 aliphatic carbocycles. The van der Waals surface area contributed by atoms with Crippen molar-refractivity contribution < 1.29 is 13.2 Å². The third-order valence-corrected chi connectivity index (χ3v) is 3.70. The van der Waals surface area contributed by atoms with E-state index in [-0.39, 0.29) is 5.82 Å². The van der Waals surface area contributed by atoms with E-state index >= 15 is 0 Å².